The van der Waals surface area contributed by atoms with Crippen LogP contribution in [0.2, 0.25) is 0 Å². The van der Waals surface area contributed by atoms with Crippen LogP contribution in [0, 0.1) is 5.92 Å². The standard InChI is InChI=1S/C26H32N4O2/c1-2-32-25-8-4-7-23(16-25)18-29-12-9-24(10-13-29)26(31)28-17-21-5-3-6-22(15-21)19-30-14-11-27-20-30/h3-8,11,14-16,20,24H,2,9-10,12-13,17-19H2,1H3,(H,28,31). The van der Waals surface area contributed by atoms with Gasteiger partial charge in [0.25, 0.3) is 0 Å². The summed E-state index contributed by atoms with van der Waals surface area (Å²) in [6, 6.07) is 16.7. The Hall–Kier alpha value is -3.12. The van der Waals surface area contributed by atoms with Crippen molar-refractivity contribution >= 4 is 5.91 Å². The summed E-state index contributed by atoms with van der Waals surface area (Å²) in [6.45, 7) is 6.82. The van der Waals surface area contributed by atoms with E-state index in [4.69, 9.17) is 4.74 Å². The molecule has 168 valence electrons. The van der Waals surface area contributed by atoms with Gasteiger partial charge in [-0.05, 0) is 61.7 Å². The molecule has 0 atom stereocenters. The molecular weight excluding hydrogens is 400 g/mol. The Bertz CT molecular complexity index is 995. The summed E-state index contributed by atoms with van der Waals surface area (Å²) < 4.78 is 7.65. The number of likely N-dealkylation sites (tertiary alicyclic amines) is 1. The van der Waals surface area contributed by atoms with Crippen LogP contribution in [0.25, 0.3) is 0 Å². The van der Waals surface area contributed by atoms with Gasteiger partial charge in [-0.25, -0.2) is 4.98 Å². The number of nitrogens with one attached hydrogen (secondary N) is 1. The van der Waals surface area contributed by atoms with E-state index in [1.165, 1.54) is 11.1 Å². The second kappa shape index (κ2) is 11.0. The molecular formula is C26H32N4O2. The van der Waals surface area contributed by atoms with E-state index in [0.717, 1.165) is 50.3 Å². The van der Waals surface area contributed by atoms with Crippen LogP contribution in [0.3, 0.4) is 0 Å². The Labute approximate surface area is 190 Å². The zero-order chi connectivity index (χ0) is 22.2. The third-order valence-corrected chi connectivity index (χ3v) is 5.96. The third-order valence-electron chi connectivity index (χ3n) is 5.96. The van der Waals surface area contributed by atoms with E-state index in [2.05, 4.69) is 45.5 Å². The smallest absolute Gasteiger partial charge is 0.223 e. The van der Waals surface area contributed by atoms with Gasteiger partial charge in [0.1, 0.15) is 5.75 Å². The van der Waals surface area contributed by atoms with Crippen molar-refractivity contribution in [1.82, 2.24) is 19.8 Å². The molecule has 0 radical (unpaired) electrons. The maximum absolute atomic E-state index is 12.7. The molecule has 1 aliphatic heterocycles. The summed E-state index contributed by atoms with van der Waals surface area (Å²) in [5, 5.41) is 3.15. The average molecular weight is 433 g/mol. The number of piperidine rings is 1. The molecule has 1 aromatic heterocycles. The molecule has 32 heavy (non-hydrogen) atoms. The van der Waals surface area contributed by atoms with Gasteiger partial charge >= 0.3 is 0 Å². The summed E-state index contributed by atoms with van der Waals surface area (Å²) in [4.78, 5) is 19.2. The molecule has 0 saturated carbocycles. The average Bonchev–Trinajstić information content (AvgIpc) is 3.32. The van der Waals surface area contributed by atoms with Crippen molar-refractivity contribution in [2.45, 2.75) is 39.4 Å². The number of hydrogen-bond acceptors (Lipinski definition) is 4. The highest BCUT2D eigenvalue weighted by atomic mass is 16.5. The molecule has 0 aliphatic carbocycles. The van der Waals surface area contributed by atoms with Crippen molar-refractivity contribution in [3.63, 3.8) is 0 Å². The number of hydrogen-bond donors (Lipinski definition) is 1. The van der Waals surface area contributed by atoms with E-state index in [9.17, 15) is 4.79 Å². The fourth-order valence-corrected chi connectivity index (χ4v) is 4.27. The monoisotopic (exact) mass is 432 g/mol. The van der Waals surface area contributed by atoms with Gasteiger partial charge in [-0.3, -0.25) is 9.69 Å². The van der Waals surface area contributed by atoms with Crippen LogP contribution in [0.1, 0.15) is 36.5 Å². The van der Waals surface area contributed by atoms with Crippen LogP contribution in [0.4, 0.5) is 0 Å². The highest BCUT2D eigenvalue weighted by Gasteiger charge is 2.24. The lowest BCUT2D eigenvalue weighted by molar-refractivity contribution is -0.126. The maximum Gasteiger partial charge on any atom is 0.223 e. The predicted molar refractivity (Wildman–Crippen MR) is 125 cm³/mol. The third kappa shape index (κ3) is 6.20. The molecule has 6 nitrogen and oxygen atoms in total. The van der Waals surface area contributed by atoms with Gasteiger partial charge in [-0.15, -0.1) is 0 Å². The van der Waals surface area contributed by atoms with Crippen LogP contribution >= 0.6 is 0 Å². The normalized spacial score (nSPS) is 14.9. The number of nitrogens with zero attached hydrogens (tertiary/aromatic N) is 3. The summed E-state index contributed by atoms with van der Waals surface area (Å²) in [6.07, 6.45) is 7.36. The number of aromatic nitrogens is 2. The summed E-state index contributed by atoms with van der Waals surface area (Å²) in [5.74, 6) is 1.19. The summed E-state index contributed by atoms with van der Waals surface area (Å²) in [7, 11) is 0. The van der Waals surface area contributed by atoms with E-state index in [1.54, 1.807) is 6.20 Å². The van der Waals surface area contributed by atoms with Crippen LogP contribution in [-0.4, -0.2) is 40.1 Å². The van der Waals surface area contributed by atoms with E-state index < -0.39 is 0 Å². The predicted octanol–water partition coefficient (Wildman–Crippen LogP) is 3.86. The molecule has 1 amide bonds. The van der Waals surface area contributed by atoms with Crippen molar-refractivity contribution in [1.29, 1.82) is 0 Å². The minimum absolute atomic E-state index is 0.0927. The van der Waals surface area contributed by atoms with E-state index >= 15 is 0 Å². The van der Waals surface area contributed by atoms with Gasteiger partial charge in [0.2, 0.25) is 5.91 Å². The number of rotatable bonds is 9. The first-order chi connectivity index (χ1) is 15.7. The van der Waals surface area contributed by atoms with Crippen LogP contribution in [-0.2, 0) is 24.4 Å². The fourth-order valence-electron chi connectivity index (χ4n) is 4.27. The van der Waals surface area contributed by atoms with Gasteiger partial charge in [0.15, 0.2) is 0 Å². The van der Waals surface area contributed by atoms with Gasteiger partial charge in [0.05, 0.1) is 12.9 Å². The van der Waals surface area contributed by atoms with Crippen molar-refractivity contribution in [3.05, 3.63) is 83.9 Å². The Morgan fingerprint density at radius 2 is 1.81 bits per heavy atom. The van der Waals surface area contributed by atoms with Crippen molar-refractivity contribution in [2.75, 3.05) is 19.7 Å². The van der Waals surface area contributed by atoms with E-state index in [0.29, 0.717) is 13.2 Å². The quantitative estimate of drug-likeness (QED) is 0.558. The van der Waals surface area contributed by atoms with Crippen LogP contribution in [0.15, 0.2) is 67.3 Å². The minimum Gasteiger partial charge on any atom is -0.494 e. The SMILES string of the molecule is CCOc1cccc(CN2CCC(C(=O)NCc3cccc(Cn4ccnc4)c3)CC2)c1. The molecule has 1 saturated heterocycles. The first kappa shape index (κ1) is 22.1. The van der Waals surface area contributed by atoms with Crippen LogP contribution < -0.4 is 10.1 Å². The molecule has 1 aliphatic rings. The zero-order valence-corrected chi connectivity index (χ0v) is 18.7. The van der Waals surface area contributed by atoms with Crippen molar-refractivity contribution in [2.24, 2.45) is 5.92 Å². The Kier molecular flexibility index (Phi) is 7.56. The first-order valence-electron chi connectivity index (χ1n) is 11.4. The van der Waals surface area contributed by atoms with Crippen molar-refractivity contribution in [3.8, 4) is 5.75 Å². The number of amides is 1. The van der Waals surface area contributed by atoms with E-state index in [1.807, 2.05) is 42.2 Å². The lowest BCUT2D eigenvalue weighted by atomic mass is 9.95. The van der Waals surface area contributed by atoms with Crippen molar-refractivity contribution < 1.29 is 9.53 Å². The molecule has 4 rings (SSSR count). The fraction of sp³-hybridized carbons (Fsp3) is 0.385. The Morgan fingerprint density at radius 1 is 1.06 bits per heavy atom. The lowest BCUT2D eigenvalue weighted by Crippen LogP contribution is -2.40. The van der Waals surface area contributed by atoms with Crippen LogP contribution in [0.5, 0.6) is 5.75 Å². The molecule has 3 aromatic rings. The number of carbonyl (C=O) groups is 1. The lowest BCUT2D eigenvalue weighted by Gasteiger charge is -2.31. The first-order valence-corrected chi connectivity index (χ1v) is 11.4. The Balaban J connectivity index is 1.22. The zero-order valence-electron chi connectivity index (χ0n) is 18.7. The second-order valence-electron chi connectivity index (χ2n) is 8.40. The molecule has 0 spiro atoms. The number of ether oxygens (including phenoxy) is 1. The highest BCUT2D eigenvalue weighted by Crippen LogP contribution is 2.21. The highest BCUT2D eigenvalue weighted by molar-refractivity contribution is 5.78. The molecule has 1 fully saturated rings. The molecule has 6 heteroatoms. The largest absolute Gasteiger partial charge is 0.494 e. The van der Waals surface area contributed by atoms with E-state index in [-0.39, 0.29) is 11.8 Å². The second-order valence-corrected chi connectivity index (χ2v) is 8.40. The topological polar surface area (TPSA) is 59.4 Å². The molecule has 2 heterocycles. The number of benzene rings is 2. The Morgan fingerprint density at radius 3 is 2.56 bits per heavy atom. The molecule has 0 unspecified atom stereocenters. The summed E-state index contributed by atoms with van der Waals surface area (Å²) >= 11 is 0. The molecule has 1 N–H and O–H groups in total. The maximum atomic E-state index is 12.7. The van der Waals surface area contributed by atoms with Gasteiger partial charge in [-0.2, -0.15) is 0 Å². The number of carbonyl (C=O) groups excluding carboxylic acids is 1. The molecule has 0 bridgehead atoms. The molecule has 2 aromatic carbocycles. The van der Waals surface area contributed by atoms with Gasteiger partial charge in [-0.1, -0.05) is 36.4 Å². The number of imidazole rings is 1. The minimum atomic E-state index is 0.0927. The van der Waals surface area contributed by atoms with Gasteiger partial charge < -0.3 is 14.6 Å². The van der Waals surface area contributed by atoms with Gasteiger partial charge in [0, 0.05) is 37.9 Å². The summed E-state index contributed by atoms with van der Waals surface area (Å²) in [5.41, 5.74) is 3.59.